The van der Waals surface area contributed by atoms with Gasteiger partial charge >= 0.3 is 0 Å². The molecule has 5 nitrogen and oxygen atoms in total. The van der Waals surface area contributed by atoms with Crippen molar-refractivity contribution in [2.45, 2.75) is 50.1 Å². The van der Waals surface area contributed by atoms with E-state index >= 15 is 0 Å². The van der Waals surface area contributed by atoms with Gasteiger partial charge in [-0.15, -0.1) is 0 Å². The third kappa shape index (κ3) is 3.29. The van der Waals surface area contributed by atoms with Crippen LogP contribution in [0.15, 0.2) is 48.8 Å². The van der Waals surface area contributed by atoms with E-state index in [2.05, 4.69) is 11.1 Å². The minimum atomic E-state index is -0.502. The fourth-order valence-electron chi connectivity index (χ4n) is 4.71. The molecule has 1 aromatic heterocycles. The number of aliphatic hydroxyl groups is 1. The van der Waals surface area contributed by atoms with Gasteiger partial charge in [0.25, 0.3) is 0 Å². The standard InChI is InChI=1S/C23H25N3O2/c24-14-20-22(18-8-6-16(7-9-18)17-10-12-25-13-11-17)21(15-27)26(20)23(28)19-4-2-1-3-5-19/h6-13,19-22,27H,1-5,15H2/t20-,21+,22+/m0/s1. The smallest absolute Gasteiger partial charge is 0.227 e. The Kier molecular flexibility index (Phi) is 5.40. The van der Waals surface area contributed by atoms with Gasteiger partial charge in [0.15, 0.2) is 0 Å². The van der Waals surface area contributed by atoms with Crippen LogP contribution in [0.1, 0.15) is 43.6 Å². The number of likely N-dealkylation sites (tertiary alicyclic amines) is 1. The molecule has 0 radical (unpaired) electrons. The number of carbonyl (C=O) groups is 1. The molecular formula is C23H25N3O2. The summed E-state index contributed by atoms with van der Waals surface area (Å²) in [6, 6.07) is 13.5. The zero-order valence-corrected chi connectivity index (χ0v) is 15.9. The maximum Gasteiger partial charge on any atom is 0.227 e. The molecule has 144 valence electrons. The van der Waals surface area contributed by atoms with Gasteiger partial charge in [0.2, 0.25) is 5.91 Å². The van der Waals surface area contributed by atoms with E-state index in [1.165, 1.54) is 6.42 Å². The second-order valence-corrected chi connectivity index (χ2v) is 7.79. The number of amides is 1. The zero-order valence-electron chi connectivity index (χ0n) is 15.9. The van der Waals surface area contributed by atoms with Crippen molar-refractivity contribution in [3.63, 3.8) is 0 Å². The van der Waals surface area contributed by atoms with E-state index in [0.29, 0.717) is 0 Å². The minimum Gasteiger partial charge on any atom is -0.394 e. The number of aliphatic hydroxyl groups excluding tert-OH is 1. The Morgan fingerprint density at radius 2 is 1.71 bits per heavy atom. The van der Waals surface area contributed by atoms with E-state index in [-0.39, 0.29) is 30.4 Å². The van der Waals surface area contributed by atoms with Crippen LogP contribution in [0, 0.1) is 17.2 Å². The van der Waals surface area contributed by atoms with Crippen molar-refractivity contribution in [2.24, 2.45) is 5.92 Å². The normalized spacial score (nSPS) is 25.0. The van der Waals surface area contributed by atoms with E-state index in [4.69, 9.17) is 0 Å². The summed E-state index contributed by atoms with van der Waals surface area (Å²) >= 11 is 0. The number of benzene rings is 1. The molecule has 28 heavy (non-hydrogen) atoms. The van der Waals surface area contributed by atoms with Crippen LogP contribution in [0.5, 0.6) is 0 Å². The van der Waals surface area contributed by atoms with E-state index < -0.39 is 6.04 Å². The quantitative estimate of drug-likeness (QED) is 0.887. The van der Waals surface area contributed by atoms with Crippen molar-refractivity contribution in [3.05, 3.63) is 54.4 Å². The van der Waals surface area contributed by atoms with Crippen LogP contribution in [0.25, 0.3) is 11.1 Å². The topological polar surface area (TPSA) is 77.2 Å². The Bertz CT molecular complexity index is 854. The molecule has 0 unspecified atom stereocenters. The summed E-state index contributed by atoms with van der Waals surface area (Å²) in [5.74, 6) is -0.0855. The lowest BCUT2D eigenvalue weighted by Gasteiger charge is -2.52. The van der Waals surface area contributed by atoms with Gasteiger partial charge < -0.3 is 10.0 Å². The number of nitriles is 1. The molecule has 4 rings (SSSR count). The molecule has 1 saturated heterocycles. The predicted octanol–water partition coefficient (Wildman–Crippen LogP) is 3.51. The average Bonchev–Trinajstić information content (AvgIpc) is 2.75. The SMILES string of the molecule is N#C[C@H]1[C@@H](c2ccc(-c3ccncc3)cc2)[C@@H](CO)N1C(=O)C1CCCCC1. The van der Waals surface area contributed by atoms with Gasteiger partial charge in [-0.3, -0.25) is 9.78 Å². The van der Waals surface area contributed by atoms with Crippen LogP contribution in [-0.4, -0.2) is 39.6 Å². The summed E-state index contributed by atoms with van der Waals surface area (Å²) in [6.45, 7) is -0.118. The largest absolute Gasteiger partial charge is 0.394 e. The number of hydrogen-bond acceptors (Lipinski definition) is 4. The van der Waals surface area contributed by atoms with Gasteiger partial charge in [-0.1, -0.05) is 43.5 Å². The summed E-state index contributed by atoms with van der Waals surface area (Å²) in [4.78, 5) is 18.7. The van der Waals surface area contributed by atoms with Gasteiger partial charge in [0, 0.05) is 24.2 Å². The molecule has 0 spiro atoms. The highest BCUT2D eigenvalue weighted by atomic mass is 16.3. The lowest BCUT2D eigenvalue weighted by atomic mass is 9.74. The molecule has 1 amide bonds. The van der Waals surface area contributed by atoms with Crippen LogP contribution in [0.2, 0.25) is 0 Å². The first-order valence-corrected chi connectivity index (χ1v) is 10.1. The van der Waals surface area contributed by atoms with Crippen molar-refractivity contribution < 1.29 is 9.90 Å². The van der Waals surface area contributed by atoms with Gasteiger partial charge in [-0.05, 0) is 41.7 Å². The van der Waals surface area contributed by atoms with Crippen molar-refractivity contribution in [1.29, 1.82) is 5.26 Å². The maximum atomic E-state index is 13.0. The zero-order chi connectivity index (χ0) is 19.5. The Morgan fingerprint density at radius 3 is 2.32 bits per heavy atom. The Balaban J connectivity index is 1.54. The molecule has 5 heteroatoms. The Morgan fingerprint density at radius 1 is 1.07 bits per heavy atom. The molecule has 2 fully saturated rings. The fraction of sp³-hybridized carbons (Fsp3) is 0.435. The fourth-order valence-corrected chi connectivity index (χ4v) is 4.71. The molecule has 1 N–H and O–H groups in total. The maximum absolute atomic E-state index is 13.0. The van der Waals surface area contributed by atoms with Gasteiger partial charge in [0.1, 0.15) is 6.04 Å². The number of rotatable bonds is 4. The summed E-state index contributed by atoms with van der Waals surface area (Å²) in [5, 5.41) is 19.7. The Hall–Kier alpha value is -2.71. The first-order chi connectivity index (χ1) is 13.7. The first-order valence-electron chi connectivity index (χ1n) is 10.1. The molecule has 1 aromatic carbocycles. The van der Waals surface area contributed by atoms with Crippen molar-refractivity contribution >= 4 is 5.91 Å². The van der Waals surface area contributed by atoms with Crippen LogP contribution in [0.3, 0.4) is 0 Å². The van der Waals surface area contributed by atoms with E-state index in [1.807, 2.05) is 36.4 Å². The van der Waals surface area contributed by atoms with E-state index in [9.17, 15) is 15.2 Å². The third-order valence-corrected chi connectivity index (χ3v) is 6.25. The van der Waals surface area contributed by atoms with E-state index in [1.54, 1.807) is 17.3 Å². The van der Waals surface area contributed by atoms with Gasteiger partial charge in [-0.2, -0.15) is 5.26 Å². The molecule has 1 aliphatic heterocycles. The van der Waals surface area contributed by atoms with Crippen LogP contribution >= 0.6 is 0 Å². The predicted molar refractivity (Wildman–Crippen MR) is 106 cm³/mol. The van der Waals surface area contributed by atoms with Gasteiger partial charge in [-0.25, -0.2) is 0 Å². The first kappa shape index (κ1) is 18.6. The number of nitrogens with zero attached hydrogens (tertiary/aromatic N) is 3. The Labute approximate surface area is 165 Å². The average molecular weight is 375 g/mol. The number of hydrogen-bond donors (Lipinski definition) is 1. The van der Waals surface area contributed by atoms with Crippen molar-refractivity contribution in [3.8, 4) is 17.2 Å². The lowest BCUT2D eigenvalue weighted by Crippen LogP contribution is -2.66. The van der Waals surface area contributed by atoms with Crippen LogP contribution < -0.4 is 0 Å². The van der Waals surface area contributed by atoms with Crippen LogP contribution in [-0.2, 0) is 4.79 Å². The molecule has 2 aliphatic rings. The van der Waals surface area contributed by atoms with Crippen LogP contribution in [0.4, 0.5) is 0 Å². The molecule has 2 heterocycles. The summed E-state index contributed by atoms with van der Waals surface area (Å²) in [7, 11) is 0. The van der Waals surface area contributed by atoms with Crippen molar-refractivity contribution in [2.75, 3.05) is 6.61 Å². The minimum absolute atomic E-state index is 0.00802. The van der Waals surface area contributed by atoms with E-state index in [0.717, 1.165) is 42.4 Å². The van der Waals surface area contributed by atoms with Crippen molar-refractivity contribution in [1.82, 2.24) is 9.88 Å². The monoisotopic (exact) mass is 375 g/mol. The second-order valence-electron chi connectivity index (χ2n) is 7.79. The molecule has 2 aromatic rings. The highest BCUT2D eigenvalue weighted by molar-refractivity contribution is 5.81. The number of carbonyl (C=O) groups excluding carboxylic acids is 1. The third-order valence-electron chi connectivity index (χ3n) is 6.25. The molecule has 0 bridgehead atoms. The summed E-state index contributed by atoms with van der Waals surface area (Å²) in [6.07, 6.45) is 8.65. The molecular weight excluding hydrogens is 350 g/mol. The number of pyridine rings is 1. The molecule has 3 atom stereocenters. The number of aromatic nitrogens is 1. The molecule has 1 saturated carbocycles. The van der Waals surface area contributed by atoms with Gasteiger partial charge in [0.05, 0.1) is 18.7 Å². The lowest BCUT2D eigenvalue weighted by molar-refractivity contribution is -0.152. The molecule has 1 aliphatic carbocycles. The highest BCUT2D eigenvalue weighted by Crippen LogP contribution is 2.43. The summed E-state index contributed by atoms with van der Waals surface area (Å²) < 4.78 is 0. The second kappa shape index (κ2) is 8.12. The summed E-state index contributed by atoms with van der Waals surface area (Å²) in [5.41, 5.74) is 3.16. The highest BCUT2D eigenvalue weighted by Gasteiger charge is 2.52.